The number of nitrogens with zero attached hydrogens (tertiary/aromatic N) is 4. The molecule has 2 fully saturated rings. The molecule has 2 aliphatic heterocycles. The fourth-order valence-corrected chi connectivity index (χ4v) is 5.48. The first kappa shape index (κ1) is 29.7. The van der Waals surface area contributed by atoms with Crippen LogP contribution in [0.4, 0.5) is 4.79 Å². The van der Waals surface area contributed by atoms with Crippen LogP contribution in [0.5, 0.6) is 11.5 Å². The molecule has 10 heteroatoms. The highest BCUT2D eigenvalue weighted by Crippen LogP contribution is 2.32. The van der Waals surface area contributed by atoms with Crippen LogP contribution in [0.1, 0.15) is 31.4 Å². The summed E-state index contributed by atoms with van der Waals surface area (Å²) in [5.74, 6) is 3.39. The van der Waals surface area contributed by atoms with E-state index < -0.39 is 12.2 Å². The zero-order valence-corrected chi connectivity index (χ0v) is 24.2. The third kappa shape index (κ3) is 6.41. The van der Waals surface area contributed by atoms with E-state index in [4.69, 9.17) is 15.9 Å². The smallest absolute Gasteiger partial charge is 0.334 e. The molecule has 2 saturated heterocycles. The highest BCUT2D eigenvalue weighted by atomic mass is 16.5. The van der Waals surface area contributed by atoms with E-state index in [2.05, 4.69) is 11.2 Å². The van der Waals surface area contributed by atoms with Gasteiger partial charge in [0.15, 0.2) is 11.5 Å². The number of hydrazine groups is 1. The van der Waals surface area contributed by atoms with Crippen molar-refractivity contribution in [1.29, 1.82) is 0 Å². The van der Waals surface area contributed by atoms with Gasteiger partial charge in [0.25, 0.3) is 0 Å². The van der Waals surface area contributed by atoms with Crippen molar-refractivity contribution in [2.75, 3.05) is 40.4 Å². The summed E-state index contributed by atoms with van der Waals surface area (Å²) in [4.78, 5) is 44.5. The first-order chi connectivity index (χ1) is 19.8. The zero-order valence-electron chi connectivity index (χ0n) is 24.2. The second-order valence-electron chi connectivity index (χ2n) is 10.4. The monoisotopic (exact) mass is 561 g/mol. The number of urea groups is 1. The second kappa shape index (κ2) is 13.4. The first-order valence-corrected chi connectivity index (χ1v) is 13.9. The van der Waals surface area contributed by atoms with Crippen LogP contribution in [0, 0.1) is 18.3 Å². The van der Waals surface area contributed by atoms with E-state index >= 15 is 0 Å². The lowest BCUT2D eigenvalue weighted by molar-refractivity contribution is -0.192. The van der Waals surface area contributed by atoms with Gasteiger partial charge in [-0.3, -0.25) is 9.59 Å². The molecule has 0 bridgehead atoms. The Bertz CT molecular complexity index is 1280. The highest BCUT2D eigenvalue weighted by Gasteiger charge is 2.52. The van der Waals surface area contributed by atoms with Gasteiger partial charge in [0.1, 0.15) is 12.2 Å². The molecule has 2 aliphatic rings. The van der Waals surface area contributed by atoms with Gasteiger partial charge in [-0.1, -0.05) is 62.6 Å². The molecule has 1 unspecified atom stereocenters. The number of ether oxygens (including phenoxy) is 2. The molecule has 2 aromatic rings. The zero-order chi connectivity index (χ0) is 29.5. The van der Waals surface area contributed by atoms with Gasteiger partial charge in [-0.15, -0.1) is 6.42 Å². The largest absolute Gasteiger partial charge is 0.493 e. The van der Waals surface area contributed by atoms with Gasteiger partial charge in [-0.25, -0.2) is 9.80 Å². The molecule has 0 saturated carbocycles. The molecule has 10 nitrogen and oxygen atoms in total. The number of piperazine rings is 1. The van der Waals surface area contributed by atoms with Crippen LogP contribution in [0.15, 0.2) is 48.5 Å². The molecular formula is C31H39N5O5. The maximum Gasteiger partial charge on any atom is 0.334 e. The van der Waals surface area contributed by atoms with Crippen molar-refractivity contribution in [3.05, 3.63) is 59.7 Å². The summed E-state index contributed by atoms with van der Waals surface area (Å²) in [6.07, 6.45) is 6.22. The molecule has 41 heavy (non-hydrogen) atoms. The molecule has 218 valence electrons. The summed E-state index contributed by atoms with van der Waals surface area (Å²) < 4.78 is 10.8. The van der Waals surface area contributed by atoms with Crippen LogP contribution in [0.3, 0.4) is 0 Å². The number of hydrogen-bond donors (Lipinski definition) is 1. The van der Waals surface area contributed by atoms with E-state index in [0.717, 1.165) is 11.1 Å². The van der Waals surface area contributed by atoms with E-state index in [0.29, 0.717) is 37.4 Å². The number of carbonyl (C=O) groups is 3. The summed E-state index contributed by atoms with van der Waals surface area (Å²) in [6.45, 7) is 4.88. The molecule has 4 amide bonds. The number of benzene rings is 2. The number of fused-ring (bicyclic) bond motifs is 1. The van der Waals surface area contributed by atoms with Crippen LogP contribution in [0.25, 0.3) is 0 Å². The third-order valence-corrected chi connectivity index (χ3v) is 7.83. The summed E-state index contributed by atoms with van der Waals surface area (Å²) in [6, 6.07) is 14.2. The van der Waals surface area contributed by atoms with Crippen LogP contribution in [0.2, 0.25) is 0 Å². The minimum absolute atomic E-state index is 0.0781. The lowest BCUT2D eigenvalue weighted by Crippen LogP contribution is -2.77. The molecule has 2 heterocycles. The topological polar surface area (TPSA) is 94.7 Å². The third-order valence-electron chi connectivity index (χ3n) is 7.83. The van der Waals surface area contributed by atoms with Crippen molar-refractivity contribution in [2.45, 2.75) is 45.4 Å². The minimum atomic E-state index is -0.692. The average Bonchev–Trinajstić information content (AvgIpc) is 2.99. The Morgan fingerprint density at radius 3 is 2.49 bits per heavy atom. The molecule has 4 rings (SSSR count). The molecule has 0 radical (unpaired) electrons. The molecule has 0 spiro atoms. The van der Waals surface area contributed by atoms with Crippen molar-refractivity contribution in [1.82, 2.24) is 25.1 Å². The lowest BCUT2D eigenvalue weighted by atomic mass is 9.92. The molecule has 1 N–H and O–H groups in total. The number of carbonyl (C=O) groups excluding carboxylic acids is 3. The van der Waals surface area contributed by atoms with Crippen LogP contribution in [-0.2, 0) is 22.6 Å². The van der Waals surface area contributed by atoms with E-state index in [-0.39, 0.29) is 43.4 Å². The Morgan fingerprint density at radius 1 is 1.10 bits per heavy atom. The Kier molecular flexibility index (Phi) is 9.73. The van der Waals surface area contributed by atoms with E-state index in [1.807, 2.05) is 62.4 Å². The SMILES string of the molecule is C#CCN1CC(=O)N2[C@@H](C(C)CC)C(=O)N(CCc3ccc(OC)c(OC)c3)C[C@@H]2N1C(=O)NCc1ccccc1. The molecule has 2 aromatic carbocycles. The number of nitrogens with one attached hydrogen (secondary N) is 1. The Labute approximate surface area is 242 Å². The number of rotatable bonds is 10. The number of amides is 4. The molecule has 0 aliphatic carbocycles. The number of terminal acetylenes is 1. The molecule has 0 aromatic heterocycles. The van der Waals surface area contributed by atoms with E-state index in [1.54, 1.807) is 29.0 Å². The van der Waals surface area contributed by atoms with Gasteiger partial charge < -0.3 is 24.6 Å². The van der Waals surface area contributed by atoms with Crippen molar-refractivity contribution < 1.29 is 23.9 Å². The second-order valence-corrected chi connectivity index (χ2v) is 10.4. The van der Waals surface area contributed by atoms with Crippen LogP contribution < -0.4 is 14.8 Å². The molecule has 3 atom stereocenters. The van der Waals surface area contributed by atoms with Gasteiger partial charge >= 0.3 is 6.03 Å². The number of methoxy groups -OCH3 is 2. The quantitative estimate of drug-likeness (QED) is 0.449. The van der Waals surface area contributed by atoms with E-state index in [1.165, 1.54) is 5.01 Å². The molecular weight excluding hydrogens is 522 g/mol. The normalized spacial score (nSPS) is 19.8. The summed E-state index contributed by atoms with van der Waals surface area (Å²) >= 11 is 0. The van der Waals surface area contributed by atoms with E-state index in [9.17, 15) is 14.4 Å². The standard InChI is InChI=1S/C31H39N5O5/c1-6-16-34-21-28(37)35-27(36(34)31(39)32-19-24-11-9-8-10-12-24)20-33(30(38)29(35)22(3)7-2)17-15-23-13-14-25(40-4)26(18-23)41-5/h1,8-14,18,22,27,29H,7,15-17,19-21H2,2-5H3,(H,32,39)/t22?,27-,29-/m0/s1. The number of hydrogen-bond acceptors (Lipinski definition) is 6. The lowest BCUT2D eigenvalue weighted by Gasteiger charge is -2.55. The summed E-state index contributed by atoms with van der Waals surface area (Å²) in [5.41, 5.74) is 1.92. The first-order valence-electron chi connectivity index (χ1n) is 13.9. The van der Waals surface area contributed by atoms with Gasteiger partial charge in [0, 0.05) is 13.1 Å². The summed E-state index contributed by atoms with van der Waals surface area (Å²) in [7, 11) is 3.17. The predicted molar refractivity (Wildman–Crippen MR) is 155 cm³/mol. The van der Waals surface area contributed by atoms with Crippen LogP contribution >= 0.6 is 0 Å². The van der Waals surface area contributed by atoms with Crippen molar-refractivity contribution >= 4 is 17.8 Å². The Balaban J connectivity index is 1.62. The van der Waals surface area contributed by atoms with Crippen molar-refractivity contribution in [2.24, 2.45) is 5.92 Å². The Hall–Kier alpha value is -4.23. The minimum Gasteiger partial charge on any atom is -0.493 e. The Morgan fingerprint density at radius 2 is 1.83 bits per heavy atom. The maximum absolute atomic E-state index is 13.9. The van der Waals surface area contributed by atoms with Crippen LogP contribution in [-0.4, -0.2) is 90.3 Å². The fraction of sp³-hybridized carbons (Fsp3) is 0.452. The van der Waals surface area contributed by atoms with Gasteiger partial charge in [0.05, 0.1) is 33.9 Å². The highest BCUT2D eigenvalue weighted by molar-refractivity contribution is 5.91. The van der Waals surface area contributed by atoms with Gasteiger partial charge in [-0.05, 0) is 35.6 Å². The van der Waals surface area contributed by atoms with Gasteiger partial charge in [0.2, 0.25) is 11.8 Å². The maximum atomic E-state index is 13.9. The average molecular weight is 562 g/mol. The predicted octanol–water partition coefficient (Wildman–Crippen LogP) is 2.73. The van der Waals surface area contributed by atoms with Crippen molar-refractivity contribution in [3.63, 3.8) is 0 Å². The van der Waals surface area contributed by atoms with Gasteiger partial charge in [-0.2, -0.15) is 5.01 Å². The summed E-state index contributed by atoms with van der Waals surface area (Å²) in [5, 5.41) is 6.11. The van der Waals surface area contributed by atoms with Crippen molar-refractivity contribution in [3.8, 4) is 23.8 Å². The fourth-order valence-electron chi connectivity index (χ4n) is 5.48.